The number of nitrogens with one attached hydrogen (secondary N) is 2. The van der Waals surface area contributed by atoms with E-state index >= 15 is 0 Å². The maximum atomic E-state index is 12.7. The van der Waals surface area contributed by atoms with Gasteiger partial charge < -0.3 is 15.4 Å². The largest absolute Gasteiger partial charge is 0.379 e. The Morgan fingerprint density at radius 1 is 1.03 bits per heavy atom. The van der Waals surface area contributed by atoms with E-state index < -0.39 is 16.1 Å². The van der Waals surface area contributed by atoms with Crippen LogP contribution in [-0.4, -0.2) is 50.8 Å². The fraction of sp³-hybridized carbons (Fsp3) is 0.333. The highest BCUT2D eigenvalue weighted by molar-refractivity contribution is 7.89. The van der Waals surface area contributed by atoms with Gasteiger partial charge in [-0.2, -0.15) is 4.31 Å². The Morgan fingerprint density at radius 3 is 2.27 bits per heavy atom. The lowest BCUT2D eigenvalue weighted by atomic mass is 10.0. The highest BCUT2D eigenvalue weighted by Crippen LogP contribution is 2.21. The van der Waals surface area contributed by atoms with Gasteiger partial charge in [0.25, 0.3) is 0 Å². The predicted octanol–water partition coefficient (Wildman–Crippen LogP) is 1.91. The molecule has 2 N–H and O–H groups in total. The minimum atomic E-state index is -3.58. The number of morpholine rings is 1. The second kappa shape index (κ2) is 9.84. The number of ether oxygens (including phenoxy) is 1. The van der Waals surface area contributed by atoms with Crippen molar-refractivity contribution in [1.82, 2.24) is 9.62 Å². The molecule has 1 aliphatic heterocycles. The number of sulfonamides is 1. The number of amides is 2. The molecule has 2 aromatic rings. The maximum Gasteiger partial charge on any atom is 0.243 e. The highest BCUT2D eigenvalue weighted by Gasteiger charge is 2.26. The van der Waals surface area contributed by atoms with E-state index in [1.54, 1.807) is 12.1 Å². The van der Waals surface area contributed by atoms with Gasteiger partial charge in [-0.1, -0.05) is 30.3 Å². The van der Waals surface area contributed by atoms with Crippen LogP contribution >= 0.6 is 0 Å². The van der Waals surface area contributed by atoms with Crippen molar-refractivity contribution in [3.8, 4) is 0 Å². The van der Waals surface area contributed by atoms with Crippen LogP contribution in [0.5, 0.6) is 0 Å². The van der Waals surface area contributed by atoms with Gasteiger partial charge in [-0.25, -0.2) is 8.42 Å². The second-order valence-electron chi connectivity index (χ2n) is 6.96. The summed E-state index contributed by atoms with van der Waals surface area (Å²) in [6, 6.07) is 14.9. The monoisotopic (exact) mass is 431 g/mol. The van der Waals surface area contributed by atoms with E-state index in [4.69, 9.17) is 4.74 Å². The van der Waals surface area contributed by atoms with Crippen LogP contribution < -0.4 is 10.6 Å². The lowest BCUT2D eigenvalue weighted by molar-refractivity contribution is -0.120. The fourth-order valence-electron chi connectivity index (χ4n) is 3.23. The molecule has 160 valence electrons. The molecule has 1 heterocycles. The number of carbonyl (C=O) groups excluding carboxylic acids is 2. The van der Waals surface area contributed by atoms with Gasteiger partial charge in [0.1, 0.15) is 0 Å². The normalized spacial score (nSPS) is 15.9. The smallest absolute Gasteiger partial charge is 0.243 e. The van der Waals surface area contributed by atoms with E-state index in [-0.39, 0.29) is 23.1 Å². The molecule has 0 unspecified atom stereocenters. The first-order chi connectivity index (χ1) is 14.4. The van der Waals surface area contributed by atoms with Crippen molar-refractivity contribution in [2.75, 3.05) is 31.6 Å². The number of benzene rings is 2. The Hall–Kier alpha value is -2.75. The third kappa shape index (κ3) is 5.65. The summed E-state index contributed by atoms with van der Waals surface area (Å²) in [5.41, 5.74) is 1.31. The summed E-state index contributed by atoms with van der Waals surface area (Å²) < 4.78 is 31.9. The topological polar surface area (TPSA) is 105 Å². The van der Waals surface area contributed by atoms with Gasteiger partial charge in [0, 0.05) is 25.7 Å². The number of carbonyl (C=O) groups is 2. The molecular formula is C21H25N3O5S. The van der Waals surface area contributed by atoms with Crippen LogP contribution in [-0.2, 0) is 24.3 Å². The van der Waals surface area contributed by atoms with Crippen LogP contribution in [0.4, 0.5) is 5.69 Å². The Bertz CT molecular complexity index is 971. The summed E-state index contributed by atoms with van der Waals surface area (Å²) in [5, 5.41) is 5.54. The van der Waals surface area contributed by atoms with Crippen molar-refractivity contribution in [3.05, 3.63) is 60.2 Å². The molecule has 2 amide bonds. The summed E-state index contributed by atoms with van der Waals surface area (Å²) in [4.78, 5) is 24.2. The number of hydrogen-bond acceptors (Lipinski definition) is 5. The molecule has 3 rings (SSSR count). The minimum Gasteiger partial charge on any atom is -0.379 e. The summed E-state index contributed by atoms with van der Waals surface area (Å²) >= 11 is 0. The predicted molar refractivity (Wildman–Crippen MR) is 112 cm³/mol. The number of hydrogen-bond donors (Lipinski definition) is 2. The van der Waals surface area contributed by atoms with E-state index in [1.807, 2.05) is 30.3 Å². The minimum absolute atomic E-state index is 0.0530. The first-order valence-corrected chi connectivity index (χ1v) is 11.1. The molecule has 8 nitrogen and oxygen atoms in total. The lowest BCUT2D eigenvalue weighted by Gasteiger charge is -2.26. The second-order valence-corrected chi connectivity index (χ2v) is 8.89. The van der Waals surface area contributed by atoms with Crippen molar-refractivity contribution < 1.29 is 22.7 Å². The Balaban J connectivity index is 1.65. The number of rotatable bonds is 7. The van der Waals surface area contributed by atoms with Gasteiger partial charge in [0.15, 0.2) is 0 Å². The molecule has 1 fully saturated rings. The van der Waals surface area contributed by atoms with Gasteiger partial charge in [-0.05, 0) is 29.8 Å². The standard InChI is InChI=1S/C21H25N3O5S/c1-16(25)22-20(17-5-3-2-4-6-17)15-21(26)23-18-7-9-19(10-8-18)30(27,28)24-11-13-29-14-12-24/h2-10,20H,11-15H2,1H3,(H,22,25)(H,23,26)/t20-/m0/s1. The van der Waals surface area contributed by atoms with Gasteiger partial charge in [0.05, 0.1) is 30.6 Å². The molecule has 0 spiro atoms. The summed E-state index contributed by atoms with van der Waals surface area (Å²) in [6.07, 6.45) is 0.0530. The quantitative estimate of drug-likeness (QED) is 0.697. The molecule has 0 radical (unpaired) electrons. The lowest BCUT2D eigenvalue weighted by Crippen LogP contribution is -2.40. The first kappa shape index (κ1) is 21.9. The molecule has 1 atom stereocenters. The van der Waals surface area contributed by atoms with Crippen LogP contribution in [0.1, 0.15) is 24.9 Å². The molecule has 2 aromatic carbocycles. The van der Waals surface area contributed by atoms with Crippen LogP contribution in [0.15, 0.2) is 59.5 Å². The van der Waals surface area contributed by atoms with Crippen molar-refractivity contribution in [2.45, 2.75) is 24.3 Å². The first-order valence-electron chi connectivity index (χ1n) is 9.66. The molecule has 30 heavy (non-hydrogen) atoms. The molecule has 0 aliphatic carbocycles. The Kier molecular flexibility index (Phi) is 7.20. The van der Waals surface area contributed by atoms with E-state index in [1.165, 1.54) is 23.4 Å². The molecule has 9 heteroatoms. The third-order valence-corrected chi connectivity index (χ3v) is 6.63. The van der Waals surface area contributed by atoms with Crippen LogP contribution in [0.25, 0.3) is 0 Å². The van der Waals surface area contributed by atoms with Crippen LogP contribution in [0.2, 0.25) is 0 Å². The molecular weight excluding hydrogens is 406 g/mol. The SMILES string of the molecule is CC(=O)N[C@@H](CC(=O)Nc1ccc(S(=O)(=O)N2CCOCC2)cc1)c1ccccc1. The summed E-state index contributed by atoms with van der Waals surface area (Å²) in [7, 11) is -3.58. The zero-order valence-electron chi connectivity index (χ0n) is 16.7. The zero-order chi connectivity index (χ0) is 21.6. The highest BCUT2D eigenvalue weighted by atomic mass is 32.2. The van der Waals surface area contributed by atoms with Gasteiger partial charge in [-0.3, -0.25) is 9.59 Å². The summed E-state index contributed by atoms with van der Waals surface area (Å²) in [5.74, 6) is -0.518. The average Bonchev–Trinajstić information content (AvgIpc) is 2.74. The van der Waals surface area contributed by atoms with Crippen LogP contribution in [0.3, 0.4) is 0 Å². The molecule has 1 aliphatic rings. The van der Waals surface area contributed by atoms with E-state index in [0.717, 1.165) is 5.56 Å². The van der Waals surface area contributed by atoms with E-state index in [9.17, 15) is 18.0 Å². The number of nitrogens with zero attached hydrogens (tertiary/aromatic N) is 1. The molecule has 0 aromatic heterocycles. The van der Waals surface area contributed by atoms with Crippen molar-refractivity contribution in [2.24, 2.45) is 0 Å². The zero-order valence-corrected chi connectivity index (χ0v) is 17.5. The average molecular weight is 432 g/mol. The van der Waals surface area contributed by atoms with Crippen molar-refractivity contribution in [3.63, 3.8) is 0 Å². The molecule has 1 saturated heterocycles. The molecule has 0 bridgehead atoms. The maximum absolute atomic E-state index is 12.7. The third-order valence-electron chi connectivity index (χ3n) is 4.71. The Labute approximate surface area is 176 Å². The van der Waals surface area contributed by atoms with Gasteiger partial charge in [-0.15, -0.1) is 0 Å². The van der Waals surface area contributed by atoms with E-state index in [0.29, 0.717) is 32.0 Å². The van der Waals surface area contributed by atoms with Gasteiger partial charge >= 0.3 is 0 Å². The Morgan fingerprint density at radius 2 is 1.67 bits per heavy atom. The van der Waals surface area contributed by atoms with Crippen LogP contribution in [0, 0.1) is 0 Å². The number of anilines is 1. The fourth-order valence-corrected chi connectivity index (χ4v) is 4.63. The molecule has 0 saturated carbocycles. The van der Waals surface area contributed by atoms with Gasteiger partial charge in [0.2, 0.25) is 21.8 Å². The van der Waals surface area contributed by atoms with E-state index in [2.05, 4.69) is 10.6 Å². The van der Waals surface area contributed by atoms with Crippen molar-refractivity contribution >= 4 is 27.5 Å². The van der Waals surface area contributed by atoms with Crippen molar-refractivity contribution in [1.29, 1.82) is 0 Å². The summed E-state index contributed by atoms with van der Waals surface area (Å²) in [6.45, 7) is 2.81.